The Morgan fingerprint density at radius 1 is 1.04 bits per heavy atom. The van der Waals surface area contributed by atoms with Gasteiger partial charge in [-0.2, -0.15) is 0 Å². The fourth-order valence-corrected chi connectivity index (χ4v) is 4.02. The fraction of sp³-hybridized carbons (Fsp3) is 0.684. The van der Waals surface area contributed by atoms with Crippen molar-refractivity contribution in [1.82, 2.24) is 4.90 Å². The number of β-amino-alcohol motifs (C(OH)–C–C–N with tert-alkyl or cyclic N) is 1. The molecule has 3 unspecified atom stereocenters. The van der Waals surface area contributed by atoms with Gasteiger partial charge in [0.05, 0.1) is 18.8 Å². The average Bonchev–Trinajstić information content (AvgIpc) is 2.66. The van der Waals surface area contributed by atoms with Crippen LogP contribution in [0.3, 0.4) is 0 Å². The first-order valence-corrected chi connectivity index (χ1v) is 9.37. The number of hydrogen-bond acceptors (Lipinski definition) is 6. The minimum atomic E-state index is -1.36. The van der Waals surface area contributed by atoms with Gasteiger partial charge in [0.1, 0.15) is 23.8 Å². The number of nitrogens with zero attached hydrogens (tertiary/aromatic N) is 1. The summed E-state index contributed by atoms with van der Waals surface area (Å²) in [6.07, 6.45) is -2.37. The standard InChI is InChI=1S/C19H27F2NO5/c20-14-7-12(11-2-5-27-6-3-11)8-15(21)13(14)1-4-22-9-17(24)19(26)18(25)16(22)10-23/h7-8,11,16-19,23-26H,1-6,9-10H2/t16-,17?,18?,19?/m0/s1. The highest BCUT2D eigenvalue weighted by atomic mass is 19.1. The molecule has 8 heteroatoms. The van der Waals surface area contributed by atoms with Crippen molar-refractivity contribution in [2.75, 3.05) is 32.9 Å². The number of benzene rings is 1. The molecule has 2 saturated heterocycles. The zero-order valence-electron chi connectivity index (χ0n) is 15.1. The van der Waals surface area contributed by atoms with Crippen molar-refractivity contribution < 1.29 is 33.9 Å². The van der Waals surface area contributed by atoms with Crippen LogP contribution in [0.2, 0.25) is 0 Å². The van der Waals surface area contributed by atoms with Gasteiger partial charge in [-0.25, -0.2) is 8.78 Å². The Morgan fingerprint density at radius 3 is 2.26 bits per heavy atom. The summed E-state index contributed by atoms with van der Waals surface area (Å²) in [5, 5.41) is 39.0. The van der Waals surface area contributed by atoms with E-state index in [1.54, 1.807) is 4.90 Å². The molecule has 4 N–H and O–H groups in total. The molecule has 152 valence electrons. The van der Waals surface area contributed by atoms with E-state index in [-0.39, 0.29) is 31.0 Å². The van der Waals surface area contributed by atoms with E-state index < -0.39 is 42.6 Å². The number of ether oxygens (including phenoxy) is 1. The molecule has 4 atom stereocenters. The van der Waals surface area contributed by atoms with Crippen molar-refractivity contribution in [3.05, 3.63) is 34.9 Å². The number of likely N-dealkylation sites (tertiary alicyclic amines) is 1. The largest absolute Gasteiger partial charge is 0.395 e. The lowest BCUT2D eigenvalue weighted by atomic mass is 9.90. The topological polar surface area (TPSA) is 93.4 Å². The summed E-state index contributed by atoms with van der Waals surface area (Å²) >= 11 is 0. The molecule has 2 heterocycles. The Morgan fingerprint density at radius 2 is 1.67 bits per heavy atom. The summed E-state index contributed by atoms with van der Waals surface area (Å²) in [7, 11) is 0. The highest BCUT2D eigenvalue weighted by Crippen LogP contribution is 2.30. The highest BCUT2D eigenvalue weighted by molar-refractivity contribution is 5.29. The Labute approximate surface area is 157 Å². The van der Waals surface area contributed by atoms with Crippen LogP contribution in [-0.2, 0) is 11.2 Å². The number of hydrogen-bond donors (Lipinski definition) is 4. The Bertz CT molecular complexity index is 618. The van der Waals surface area contributed by atoms with Gasteiger partial charge < -0.3 is 25.2 Å². The van der Waals surface area contributed by atoms with Crippen LogP contribution in [0.1, 0.15) is 29.9 Å². The predicted octanol–water partition coefficient (Wildman–Crippen LogP) is 0.160. The summed E-state index contributed by atoms with van der Waals surface area (Å²) in [6.45, 7) is 0.884. The molecule has 0 bridgehead atoms. The zero-order valence-corrected chi connectivity index (χ0v) is 15.1. The Balaban J connectivity index is 1.70. The third kappa shape index (κ3) is 4.47. The molecule has 2 fully saturated rings. The lowest BCUT2D eigenvalue weighted by molar-refractivity contribution is -0.144. The van der Waals surface area contributed by atoms with E-state index in [1.165, 1.54) is 12.1 Å². The van der Waals surface area contributed by atoms with Gasteiger partial charge in [0.2, 0.25) is 0 Å². The van der Waals surface area contributed by atoms with Crippen molar-refractivity contribution in [3.8, 4) is 0 Å². The molecule has 6 nitrogen and oxygen atoms in total. The van der Waals surface area contributed by atoms with Gasteiger partial charge in [0.25, 0.3) is 0 Å². The number of rotatable bonds is 5. The van der Waals surface area contributed by atoms with Gasteiger partial charge >= 0.3 is 0 Å². The fourth-order valence-electron chi connectivity index (χ4n) is 4.02. The van der Waals surface area contributed by atoms with Gasteiger partial charge in [0, 0.05) is 31.9 Å². The summed E-state index contributed by atoms with van der Waals surface area (Å²) in [6, 6.07) is 1.96. The smallest absolute Gasteiger partial charge is 0.129 e. The maximum atomic E-state index is 14.5. The molecule has 0 saturated carbocycles. The first kappa shape index (κ1) is 20.6. The van der Waals surface area contributed by atoms with Crippen molar-refractivity contribution in [3.63, 3.8) is 0 Å². The molecule has 1 aromatic rings. The molecule has 0 radical (unpaired) electrons. The van der Waals surface area contributed by atoms with Crippen molar-refractivity contribution in [2.45, 2.75) is 49.5 Å². The first-order valence-electron chi connectivity index (χ1n) is 9.37. The SMILES string of the molecule is OC[C@H]1C(O)C(O)C(O)CN1CCc1c(F)cc(C2CCOCC2)cc1F. The van der Waals surface area contributed by atoms with Crippen LogP contribution >= 0.6 is 0 Å². The molecule has 0 amide bonds. The summed E-state index contributed by atoms with van der Waals surface area (Å²) in [5.74, 6) is -1.14. The average molecular weight is 387 g/mol. The van der Waals surface area contributed by atoms with Crippen LogP contribution in [0.25, 0.3) is 0 Å². The van der Waals surface area contributed by atoms with Crippen molar-refractivity contribution in [2.24, 2.45) is 0 Å². The van der Waals surface area contributed by atoms with E-state index >= 15 is 0 Å². The molecular formula is C19H27F2NO5. The quantitative estimate of drug-likeness (QED) is 0.575. The van der Waals surface area contributed by atoms with Gasteiger partial charge in [-0.05, 0) is 42.9 Å². The monoisotopic (exact) mass is 387 g/mol. The third-order valence-corrected chi connectivity index (χ3v) is 5.72. The summed E-state index contributed by atoms with van der Waals surface area (Å²) < 4.78 is 34.4. The number of aliphatic hydroxyl groups excluding tert-OH is 4. The minimum absolute atomic E-state index is 0.00679. The van der Waals surface area contributed by atoms with E-state index in [9.17, 15) is 29.2 Å². The Hall–Kier alpha value is -1.16. The predicted molar refractivity (Wildman–Crippen MR) is 93.3 cm³/mol. The molecule has 1 aromatic carbocycles. The van der Waals surface area contributed by atoms with Crippen molar-refractivity contribution >= 4 is 0 Å². The van der Waals surface area contributed by atoms with Gasteiger partial charge in [0.15, 0.2) is 0 Å². The molecule has 0 aromatic heterocycles. The lowest BCUT2D eigenvalue weighted by Gasteiger charge is -2.43. The van der Waals surface area contributed by atoms with E-state index in [0.717, 1.165) is 12.8 Å². The lowest BCUT2D eigenvalue weighted by Crippen LogP contribution is -2.62. The second-order valence-electron chi connectivity index (χ2n) is 7.39. The molecule has 2 aliphatic heterocycles. The molecule has 2 aliphatic rings. The molecule has 0 aliphatic carbocycles. The number of halogens is 2. The second-order valence-corrected chi connectivity index (χ2v) is 7.39. The molecule has 0 spiro atoms. The van der Waals surface area contributed by atoms with E-state index in [2.05, 4.69) is 0 Å². The molecular weight excluding hydrogens is 360 g/mol. The van der Waals surface area contributed by atoms with E-state index in [0.29, 0.717) is 18.8 Å². The number of piperidine rings is 1. The first-order chi connectivity index (χ1) is 12.9. The van der Waals surface area contributed by atoms with Crippen LogP contribution in [-0.4, -0.2) is 82.6 Å². The van der Waals surface area contributed by atoms with Crippen LogP contribution < -0.4 is 0 Å². The summed E-state index contributed by atoms with van der Waals surface area (Å²) in [4.78, 5) is 1.55. The molecule has 27 heavy (non-hydrogen) atoms. The van der Waals surface area contributed by atoms with E-state index in [1.807, 2.05) is 0 Å². The van der Waals surface area contributed by atoms with Gasteiger partial charge in [-0.1, -0.05) is 0 Å². The summed E-state index contributed by atoms with van der Waals surface area (Å²) in [5.41, 5.74) is 0.579. The maximum absolute atomic E-state index is 14.5. The van der Waals surface area contributed by atoms with Crippen LogP contribution in [0, 0.1) is 11.6 Å². The van der Waals surface area contributed by atoms with Gasteiger partial charge in [-0.3, -0.25) is 4.90 Å². The van der Waals surface area contributed by atoms with Crippen LogP contribution in [0.15, 0.2) is 12.1 Å². The number of aliphatic hydroxyl groups is 4. The van der Waals surface area contributed by atoms with E-state index in [4.69, 9.17) is 4.74 Å². The Kier molecular flexibility index (Phi) is 6.78. The normalized spacial score (nSPS) is 30.6. The highest BCUT2D eigenvalue weighted by Gasteiger charge is 2.40. The second kappa shape index (κ2) is 8.89. The van der Waals surface area contributed by atoms with Crippen LogP contribution in [0.5, 0.6) is 0 Å². The van der Waals surface area contributed by atoms with Crippen LogP contribution in [0.4, 0.5) is 8.78 Å². The minimum Gasteiger partial charge on any atom is -0.395 e. The zero-order chi connectivity index (χ0) is 19.6. The maximum Gasteiger partial charge on any atom is 0.129 e. The van der Waals surface area contributed by atoms with Gasteiger partial charge in [-0.15, -0.1) is 0 Å². The molecule has 3 rings (SSSR count). The van der Waals surface area contributed by atoms with Crippen molar-refractivity contribution in [1.29, 1.82) is 0 Å². The third-order valence-electron chi connectivity index (χ3n) is 5.72.